The molecule has 1 aliphatic rings. The summed E-state index contributed by atoms with van der Waals surface area (Å²) in [6.45, 7) is 5.36. The van der Waals surface area contributed by atoms with Gasteiger partial charge in [-0.2, -0.15) is 4.37 Å². The van der Waals surface area contributed by atoms with Crippen LogP contribution in [0, 0.1) is 0 Å². The highest BCUT2D eigenvalue weighted by Crippen LogP contribution is 2.28. The van der Waals surface area contributed by atoms with E-state index in [4.69, 9.17) is 10.5 Å². The van der Waals surface area contributed by atoms with Gasteiger partial charge in [-0.25, -0.2) is 4.79 Å². The van der Waals surface area contributed by atoms with Crippen molar-refractivity contribution in [3.05, 3.63) is 5.56 Å². The first kappa shape index (κ1) is 14.1. The second-order valence-electron chi connectivity index (χ2n) is 4.82. The molecule has 0 aliphatic carbocycles. The Balaban J connectivity index is 1.99. The summed E-state index contributed by atoms with van der Waals surface area (Å²) in [6, 6.07) is 0.237. The molecule has 1 atom stereocenters. The van der Waals surface area contributed by atoms with Crippen molar-refractivity contribution in [3.8, 4) is 0 Å². The van der Waals surface area contributed by atoms with Gasteiger partial charge in [0, 0.05) is 12.6 Å². The average Bonchev–Trinajstić information content (AvgIpc) is 2.99. The molecule has 1 aromatic heterocycles. The number of carbonyl (C=O) groups excluding carboxylic acids is 1. The van der Waals surface area contributed by atoms with Crippen molar-refractivity contribution in [2.24, 2.45) is 0 Å². The number of nitrogens with zero attached hydrogens (tertiary/aromatic N) is 2. The second kappa shape index (κ2) is 6.21. The Labute approximate surface area is 117 Å². The number of carbonyl (C=O) groups is 1. The first-order valence-corrected chi connectivity index (χ1v) is 7.21. The van der Waals surface area contributed by atoms with Crippen molar-refractivity contribution in [1.82, 2.24) is 9.27 Å². The lowest BCUT2D eigenvalue weighted by atomic mass is 10.2. The molecule has 106 valence electrons. The van der Waals surface area contributed by atoms with E-state index in [0.29, 0.717) is 10.6 Å². The van der Waals surface area contributed by atoms with Crippen LogP contribution in [0.1, 0.15) is 30.1 Å². The van der Waals surface area contributed by atoms with Gasteiger partial charge < -0.3 is 20.7 Å². The Morgan fingerprint density at radius 3 is 2.89 bits per heavy atom. The second-order valence-corrected chi connectivity index (χ2v) is 5.59. The van der Waals surface area contributed by atoms with Gasteiger partial charge in [-0.1, -0.05) is 0 Å². The number of nitrogens with one attached hydrogen (secondary N) is 1. The molecule has 3 N–H and O–H groups in total. The molecule has 1 fully saturated rings. The number of anilines is 2. The molecule has 7 heteroatoms. The number of hydrogen-bond acceptors (Lipinski definition) is 7. The molecule has 19 heavy (non-hydrogen) atoms. The van der Waals surface area contributed by atoms with E-state index in [1.54, 1.807) is 0 Å². The lowest BCUT2D eigenvalue weighted by molar-refractivity contribution is 0.0603. The molecule has 1 saturated heterocycles. The van der Waals surface area contributed by atoms with Crippen LogP contribution < -0.4 is 11.1 Å². The monoisotopic (exact) mass is 284 g/mol. The van der Waals surface area contributed by atoms with Crippen molar-refractivity contribution in [1.29, 1.82) is 0 Å². The molecular formula is C12H20N4O2S. The Hall–Kier alpha value is -1.34. The van der Waals surface area contributed by atoms with Crippen LogP contribution in [0.25, 0.3) is 0 Å². The largest absolute Gasteiger partial charge is 0.465 e. The van der Waals surface area contributed by atoms with Crippen LogP contribution in [0.5, 0.6) is 0 Å². The number of methoxy groups -OCH3 is 1. The SMILES string of the molecule is COC(=O)c1c(N)nsc1NC(C)CN1CCCC1. The number of rotatable bonds is 5. The first-order valence-electron chi connectivity index (χ1n) is 6.44. The summed E-state index contributed by atoms with van der Waals surface area (Å²) in [5.41, 5.74) is 6.05. The van der Waals surface area contributed by atoms with Gasteiger partial charge in [0.1, 0.15) is 10.6 Å². The summed E-state index contributed by atoms with van der Waals surface area (Å²) in [4.78, 5) is 14.1. The smallest absolute Gasteiger partial charge is 0.344 e. The van der Waals surface area contributed by atoms with Crippen LogP contribution >= 0.6 is 11.5 Å². The topological polar surface area (TPSA) is 80.5 Å². The predicted octanol–water partition coefficient (Wildman–Crippen LogP) is 1.41. The van der Waals surface area contributed by atoms with Gasteiger partial charge in [-0.05, 0) is 44.4 Å². The van der Waals surface area contributed by atoms with Crippen molar-refractivity contribution >= 4 is 28.3 Å². The zero-order chi connectivity index (χ0) is 13.8. The van der Waals surface area contributed by atoms with E-state index >= 15 is 0 Å². The summed E-state index contributed by atoms with van der Waals surface area (Å²) in [5.74, 6) is -0.213. The number of nitrogen functional groups attached to an aromatic ring is 1. The maximum absolute atomic E-state index is 11.7. The maximum atomic E-state index is 11.7. The molecule has 0 bridgehead atoms. The van der Waals surface area contributed by atoms with Gasteiger partial charge in [-0.15, -0.1) is 0 Å². The highest BCUT2D eigenvalue weighted by molar-refractivity contribution is 7.11. The van der Waals surface area contributed by atoms with Crippen molar-refractivity contribution < 1.29 is 9.53 Å². The van der Waals surface area contributed by atoms with Gasteiger partial charge in [-0.3, -0.25) is 0 Å². The van der Waals surface area contributed by atoms with Gasteiger partial charge in [0.05, 0.1) is 7.11 Å². The minimum absolute atomic E-state index is 0.229. The fourth-order valence-corrected chi connectivity index (χ4v) is 3.14. The number of esters is 1. The number of nitrogens with two attached hydrogens (primary N) is 1. The van der Waals surface area contributed by atoms with E-state index in [1.165, 1.54) is 31.5 Å². The molecule has 1 aliphatic heterocycles. The van der Waals surface area contributed by atoms with Crippen molar-refractivity contribution in [2.75, 3.05) is 37.8 Å². The molecular weight excluding hydrogens is 264 g/mol. The molecule has 2 rings (SSSR count). The lowest BCUT2D eigenvalue weighted by Gasteiger charge is -2.21. The quantitative estimate of drug-likeness (QED) is 0.796. The lowest BCUT2D eigenvalue weighted by Crippen LogP contribution is -2.33. The third-order valence-electron chi connectivity index (χ3n) is 3.22. The summed E-state index contributed by atoms with van der Waals surface area (Å²) in [7, 11) is 1.34. The third kappa shape index (κ3) is 3.36. The van der Waals surface area contributed by atoms with Crippen LogP contribution in [0.15, 0.2) is 0 Å². The van der Waals surface area contributed by atoms with Crippen LogP contribution in [0.2, 0.25) is 0 Å². The molecule has 0 saturated carbocycles. The molecule has 1 unspecified atom stereocenters. The number of hydrogen-bond donors (Lipinski definition) is 2. The minimum Gasteiger partial charge on any atom is -0.465 e. The van der Waals surface area contributed by atoms with Crippen LogP contribution in [-0.4, -0.2) is 48.0 Å². The molecule has 0 spiro atoms. The van der Waals surface area contributed by atoms with Crippen molar-refractivity contribution in [2.45, 2.75) is 25.8 Å². The molecule has 0 aromatic carbocycles. The Morgan fingerprint density at radius 2 is 2.26 bits per heavy atom. The first-order chi connectivity index (χ1) is 9.11. The van der Waals surface area contributed by atoms with Gasteiger partial charge >= 0.3 is 5.97 Å². The Morgan fingerprint density at radius 1 is 1.58 bits per heavy atom. The average molecular weight is 284 g/mol. The van der Waals surface area contributed by atoms with Crippen LogP contribution in [0.3, 0.4) is 0 Å². The molecule has 2 heterocycles. The molecule has 6 nitrogen and oxygen atoms in total. The summed E-state index contributed by atoms with van der Waals surface area (Å²) in [5, 5.41) is 4.00. The number of ether oxygens (including phenoxy) is 1. The third-order valence-corrected chi connectivity index (χ3v) is 4.01. The van der Waals surface area contributed by atoms with Gasteiger partial charge in [0.2, 0.25) is 0 Å². The molecule has 1 aromatic rings. The summed E-state index contributed by atoms with van der Waals surface area (Å²) in [6.07, 6.45) is 2.54. The van der Waals surface area contributed by atoms with E-state index in [2.05, 4.69) is 21.5 Å². The summed E-state index contributed by atoms with van der Waals surface area (Å²) < 4.78 is 8.74. The minimum atomic E-state index is -0.442. The fourth-order valence-electron chi connectivity index (χ4n) is 2.32. The van der Waals surface area contributed by atoms with E-state index < -0.39 is 5.97 Å². The fraction of sp³-hybridized carbons (Fsp3) is 0.667. The van der Waals surface area contributed by atoms with Crippen LogP contribution in [0.4, 0.5) is 10.8 Å². The highest BCUT2D eigenvalue weighted by Gasteiger charge is 2.22. The standard InChI is InChI=1S/C12H20N4O2S/c1-8(7-16-5-3-4-6-16)14-11-9(12(17)18-2)10(13)15-19-11/h8,14H,3-7H2,1-2H3,(H2,13,15). The van der Waals surface area contributed by atoms with E-state index in [0.717, 1.165) is 19.6 Å². The Kier molecular flexibility index (Phi) is 4.60. The van der Waals surface area contributed by atoms with E-state index in [9.17, 15) is 4.79 Å². The number of aromatic nitrogens is 1. The zero-order valence-electron chi connectivity index (χ0n) is 11.3. The van der Waals surface area contributed by atoms with Crippen molar-refractivity contribution in [3.63, 3.8) is 0 Å². The van der Waals surface area contributed by atoms with Gasteiger partial charge in [0.15, 0.2) is 5.82 Å². The predicted molar refractivity (Wildman–Crippen MR) is 76.6 cm³/mol. The zero-order valence-corrected chi connectivity index (χ0v) is 12.1. The van der Waals surface area contributed by atoms with Crippen LogP contribution in [-0.2, 0) is 4.74 Å². The highest BCUT2D eigenvalue weighted by atomic mass is 32.1. The molecule has 0 radical (unpaired) electrons. The van der Waals surface area contributed by atoms with Gasteiger partial charge in [0.25, 0.3) is 0 Å². The number of likely N-dealkylation sites (tertiary alicyclic amines) is 1. The maximum Gasteiger partial charge on any atom is 0.344 e. The van der Waals surface area contributed by atoms with E-state index in [1.807, 2.05) is 0 Å². The molecule has 0 amide bonds. The summed E-state index contributed by atoms with van der Waals surface area (Å²) >= 11 is 1.20. The normalized spacial score (nSPS) is 17.4. The van der Waals surface area contributed by atoms with E-state index in [-0.39, 0.29) is 11.9 Å². The Bertz CT molecular complexity index is 443.